The van der Waals surface area contributed by atoms with Crippen LogP contribution in [0.15, 0.2) is 24.3 Å². The van der Waals surface area contributed by atoms with E-state index in [0.29, 0.717) is 19.0 Å². The molecule has 1 aliphatic heterocycles. The maximum Gasteiger partial charge on any atom is 0.226 e. The van der Waals surface area contributed by atoms with E-state index in [1.54, 1.807) is 6.92 Å². The summed E-state index contributed by atoms with van der Waals surface area (Å²) < 4.78 is 0. The lowest BCUT2D eigenvalue weighted by Gasteiger charge is -2.28. The molecule has 0 unspecified atom stereocenters. The molecule has 0 atom stereocenters. The highest BCUT2D eigenvalue weighted by Gasteiger charge is 2.30. The van der Waals surface area contributed by atoms with Crippen molar-refractivity contribution in [2.24, 2.45) is 0 Å². The fourth-order valence-electron chi connectivity index (χ4n) is 3.34. The fraction of sp³-hybridized carbons (Fsp3) is 0.579. The predicted molar refractivity (Wildman–Crippen MR) is 96.2 cm³/mol. The average molecular weight is 329 g/mol. The minimum atomic E-state index is -0.0346. The number of nitrogens with one attached hydrogen (secondary N) is 1. The third-order valence-corrected chi connectivity index (χ3v) is 4.84. The van der Waals surface area contributed by atoms with E-state index < -0.39 is 0 Å². The summed E-state index contributed by atoms with van der Waals surface area (Å²) >= 11 is 0. The molecule has 1 aromatic rings. The van der Waals surface area contributed by atoms with E-state index in [-0.39, 0.29) is 11.8 Å². The second-order valence-corrected chi connectivity index (χ2v) is 6.84. The molecule has 130 valence electrons. The van der Waals surface area contributed by atoms with Crippen LogP contribution in [-0.2, 0) is 9.59 Å². The molecule has 1 N–H and O–H groups in total. The van der Waals surface area contributed by atoms with Gasteiger partial charge in [-0.05, 0) is 56.4 Å². The number of carbonyl (C=O) groups is 2. The van der Waals surface area contributed by atoms with Gasteiger partial charge in [0.2, 0.25) is 11.8 Å². The van der Waals surface area contributed by atoms with E-state index in [9.17, 15) is 9.59 Å². The summed E-state index contributed by atoms with van der Waals surface area (Å²) in [5, 5.41) is 2.93. The standard InChI is InChI=1S/C19H27N3O2/c1-15(23)22(18-9-10-18)14-11-19(24)20-16-5-7-17(8-6-16)21-12-3-2-4-13-21/h5-8,18H,2-4,9-14H2,1H3,(H,20,24). The van der Waals surface area contributed by atoms with Gasteiger partial charge < -0.3 is 15.1 Å². The van der Waals surface area contributed by atoms with Crippen molar-refractivity contribution >= 4 is 23.2 Å². The Bertz CT molecular complexity index is 575. The number of hydrogen-bond donors (Lipinski definition) is 1. The van der Waals surface area contributed by atoms with Gasteiger partial charge in [-0.2, -0.15) is 0 Å². The zero-order chi connectivity index (χ0) is 16.9. The fourth-order valence-corrected chi connectivity index (χ4v) is 3.34. The van der Waals surface area contributed by atoms with Crippen LogP contribution < -0.4 is 10.2 Å². The van der Waals surface area contributed by atoms with Crippen LogP contribution in [0.25, 0.3) is 0 Å². The van der Waals surface area contributed by atoms with Gasteiger partial charge in [-0.25, -0.2) is 0 Å². The molecular formula is C19H27N3O2. The molecular weight excluding hydrogens is 302 g/mol. The first kappa shape index (κ1) is 16.8. The molecule has 2 fully saturated rings. The summed E-state index contributed by atoms with van der Waals surface area (Å²) in [6.45, 7) is 4.33. The van der Waals surface area contributed by atoms with Crippen molar-refractivity contribution < 1.29 is 9.59 Å². The summed E-state index contributed by atoms with van der Waals surface area (Å²) in [5.74, 6) is 0.0313. The first-order chi connectivity index (χ1) is 11.6. The Hall–Kier alpha value is -2.04. The van der Waals surface area contributed by atoms with E-state index in [1.807, 2.05) is 17.0 Å². The zero-order valence-electron chi connectivity index (χ0n) is 14.5. The molecule has 3 rings (SSSR count). The first-order valence-corrected chi connectivity index (χ1v) is 9.05. The molecule has 0 bridgehead atoms. The molecule has 0 aromatic heterocycles. The Kier molecular flexibility index (Phi) is 5.38. The first-order valence-electron chi connectivity index (χ1n) is 9.05. The summed E-state index contributed by atoms with van der Waals surface area (Å²) in [7, 11) is 0. The van der Waals surface area contributed by atoms with Gasteiger partial charge in [0, 0.05) is 50.4 Å². The van der Waals surface area contributed by atoms with Crippen LogP contribution in [0.2, 0.25) is 0 Å². The van der Waals surface area contributed by atoms with Crippen LogP contribution in [0.3, 0.4) is 0 Å². The largest absolute Gasteiger partial charge is 0.372 e. The Morgan fingerprint density at radius 3 is 2.38 bits per heavy atom. The van der Waals surface area contributed by atoms with Crippen LogP contribution in [0.1, 0.15) is 45.4 Å². The number of benzene rings is 1. The molecule has 1 aromatic carbocycles. The number of rotatable bonds is 6. The van der Waals surface area contributed by atoms with E-state index in [1.165, 1.54) is 24.9 Å². The van der Waals surface area contributed by atoms with Crippen molar-refractivity contribution in [1.29, 1.82) is 0 Å². The monoisotopic (exact) mass is 329 g/mol. The SMILES string of the molecule is CC(=O)N(CCC(=O)Nc1ccc(N2CCCCC2)cc1)C1CC1. The minimum absolute atomic E-state index is 0.0346. The molecule has 2 amide bonds. The van der Waals surface area contributed by atoms with Gasteiger partial charge in [-0.15, -0.1) is 0 Å². The smallest absolute Gasteiger partial charge is 0.226 e. The zero-order valence-corrected chi connectivity index (χ0v) is 14.5. The number of carbonyl (C=O) groups excluding carboxylic acids is 2. The topological polar surface area (TPSA) is 52.7 Å². The van der Waals surface area contributed by atoms with Crippen LogP contribution in [0.5, 0.6) is 0 Å². The highest BCUT2D eigenvalue weighted by atomic mass is 16.2. The van der Waals surface area contributed by atoms with Gasteiger partial charge >= 0.3 is 0 Å². The molecule has 2 aliphatic rings. The third-order valence-electron chi connectivity index (χ3n) is 4.84. The van der Waals surface area contributed by atoms with Crippen molar-refractivity contribution in [3.8, 4) is 0 Å². The lowest BCUT2D eigenvalue weighted by atomic mass is 10.1. The highest BCUT2D eigenvalue weighted by molar-refractivity contribution is 5.91. The van der Waals surface area contributed by atoms with Crippen LogP contribution in [0.4, 0.5) is 11.4 Å². The molecule has 1 saturated carbocycles. The summed E-state index contributed by atoms with van der Waals surface area (Å²) in [6.07, 6.45) is 6.32. The van der Waals surface area contributed by atoms with E-state index in [4.69, 9.17) is 0 Å². The Morgan fingerprint density at radius 2 is 1.79 bits per heavy atom. The molecule has 5 heteroatoms. The average Bonchev–Trinajstić information content (AvgIpc) is 3.41. The van der Waals surface area contributed by atoms with E-state index in [2.05, 4.69) is 22.3 Å². The lowest BCUT2D eigenvalue weighted by Crippen LogP contribution is -2.33. The van der Waals surface area contributed by atoms with Gasteiger partial charge in [-0.1, -0.05) is 0 Å². The van der Waals surface area contributed by atoms with Crippen molar-refractivity contribution in [2.75, 3.05) is 29.9 Å². The van der Waals surface area contributed by atoms with Gasteiger partial charge in [-0.3, -0.25) is 9.59 Å². The second kappa shape index (κ2) is 7.69. The summed E-state index contributed by atoms with van der Waals surface area (Å²) in [6, 6.07) is 8.44. The van der Waals surface area contributed by atoms with E-state index in [0.717, 1.165) is 31.6 Å². The number of nitrogens with zero attached hydrogens (tertiary/aromatic N) is 2. The number of hydrogen-bond acceptors (Lipinski definition) is 3. The van der Waals surface area contributed by atoms with Crippen molar-refractivity contribution in [2.45, 2.75) is 51.5 Å². The maximum absolute atomic E-state index is 12.1. The molecule has 24 heavy (non-hydrogen) atoms. The number of anilines is 2. The Balaban J connectivity index is 1.48. The minimum Gasteiger partial charge on any atom is -0.372 e. The van der Waals surface area contributed by atoms with Crippen molar-refractivity contribution in [1.82, 2.24) is 4.90 Å². The molecule has 1 heterocycles. The van der Waals surface area contributed by atoms with Gasteiger partial charge in [0.25, 0.3) is 0 Å². The molecule has 0 radical (unpaired) electrons. The molecule has 1 aliphatic carbocycles. The Morgan fingerprint density at radius 1 is 1.12 bits per heavy atom. The number of amides is 2. The second-order valence-electron chi connectivity index (χ2n) is 6.84. The van der Waals surface area contributed by atoms with Crippen molar-refractivity contribution in [3.63, 3.8) is 0 Å². The normalized spacial score (nSPS) is 17.5. The van der Waals surface area contributed by atoms with Crippen LogP contribution in [0, 0.1) is 0 Å². The summed E-state index contributed by atoms with van der Waals surface area (Å²) in [4.78, 5) is 27.9. The van der Waals surface area contributed by atoms with E-state index >= 15 is 0 Å². The molecule has 1 saturated heterocycles. The highest BCUT2D eigenvalue weighted by Crippen LogP contribution is 2.27. The van der Waals surface area contributed by atoms with Gasteiger partial charge in [0.15, 0.2) is 0 Å². The lowest BCUT2D eigenvalue weighted by molar-refractivity contribution is -0.129. The third kappa shape index (κ3) is 4.49. The van der Waals surface area contributed by atoms with Crippen LogP contribution in [-0.4, -0.2) is 42.4 Å². The maximum atomic E-state index is 12.1. The molecule has 5 nitrogen and oxygen atoms in total. The Labute approximate surface area is 144 Å². The predicted octanol–water partition coefficient (Wildman–Crippen LogP) is 3.02. The van der Waals surface area contributed by atoms with Crippen molar-refractivity contribution in [3.05, 3.63) is 24.3 Å². The number of piperidine rings is 1. The quantitative estimate of drug-likeness (QED) is 0.873. The van der Waals surface area contributed by atoms with Crippen LogP contribution >= 0.6 is 0 Å². The van der Waals surface area contributed by atoms with Gasteiger partial charge in [0.1, 0.15) is 0 Å². The van der Waals surface area contributed by atoms with Gasteiger partial charge in [0.05, 0.1) is 0 Å². The summed E-state index contributed by atoms with van der Waals surface area (Å²) in [5.41, 5.74) is 2.05. The molecule has 0 spiro atoms.